The predicted octanol–water partition coefficient (Wildman–Crippen LogP) is 9.67. The van der Waals surface area contributed by atoms with Gasteiger partial charge in [-0.2, -0.15) is 0 Å². The smallest absolute Gasteiger partial charge is 0.0381 e. The summed E-state index contributed by atoms with van der Waals surface area (Å²) in [5.74, 6) is 0. The fourth-order valence-corrected chi connectivity index (χ4v) is 3.69. The summed E-state index contributed by atoms with van der Waals surface area (Å²) in [5, 5.41) is 3.68. The standard InChI is InChI=1S/C30H47N/c1-7-10-16-25(4)18-14-13-15-19-27(6)29-22-21-28(20-12-9-3)30(23-29)31-24-26(5)17-11-8-2/h8,11,17,21-23,31H,4,6-7,9-10,12-16,18-20,24H2,1-3,5H3/b11-8-,26-17+. The van der Waals surface area contributed by atoms with Gasteiger partial charge in [-0.25, -0.2) is 0 Å². The van der Waals surface area contributed by atoms with Gasteiger partial charge in [-0.1, -0.05) is 87.8 Å². The second-order valence-electron chi connectivity index (χ2n) is 8.89. The van der Waals surface area contributed by atoms with Crippen LogP contribution < -0.4 is 5.32 Å². The van der Waals surface area contributed by atoms with Crippen LogP contribution in [0.15, 0.2) is 60.7 Å². The first-order chi connectivity index (χ1) is 15.0. The molecule has 1 rings (SSSR count). The zero-order chi connectivity index (χ0) is 22.9. The Morgan fingerprint density at radius 2 is 1.65 bits per heavy atom. The van der Waals surface area contributed by atoms with Gasteiger partial charge in [0.15, 0.2) is 0 Å². The number of unbranched alkanes of at least 4 members (excludes halogenated alkanes) is 4. The fourth-order valence-electron chi connectivity index (χ4n) is 3.69. The van der Waals surface area contributed by atoms with Crippen molar-refractivity contribution in [2.45, 2.75) is 98.3 Å². The SMILES string of the molecule is C=C(CCCC)CCCCCC(=C)c1ccc(CCCC)c(NC/C(C)=C/C=C\C)c1. The molecule has 0 spiro atoms. The first-order valence-electron chi connectivity index (χ1n) is 12.5. The van der Waals surface area contributed by atoms with Gasteiger partial charge in [0.05, 0.1) is 0 Å². The molecule has 0 radical (unpaired) electrons. The van der Waals surface area contributed by atoms with Crippen LogP contribution in [-0.4, -0.2) is 6.54 Å². The van der Waals surface area contributed by atoms with Crippen molar-refractivity contribution in [2.24, 2.45) is 0 Å². The number of anilines is 1. The van der Waals surface area contributed by atoms with Gasteiger partial charge < -0.3 is 5.32 Å². The van der Waals surface area contributed by atoms with Gasteiger partial charge in [-0.3, -0.25) is 0 Å². The highest BCUT2D eigenvalue weighted by Crippen LogP contribution is 2.27. The number of allylic oxidation sites excluding steroid dienone is 5. The highest BCUT2D eigenvalue weighted by molar-refractivity contribution is 5.69. The minimum atomic E-state index is 0.876. The van der Waals surface area contributed by atoms with Crippen LogP contribution >= 0.6 is 0 Å². The van der Waals surface area contributed by atoms with E-state index in [4.69, 9.17) is 0 Å². The van der Waals surface area contributed by atoms with E-state index in [1.165, 1.54) is 91.3 Å². The van der Waals surface area contributed by atoms with Gasteiger partial charge >= 0.3 is 0 Å². The maximum atomic E-state index is 4.40. The lowest BCUT2D eigenvalue weighted by Crippen LogP contribution is -2.06. The van der Waals surface area contributed by atoms with E-state index >= 15 is 0 Å². The molecule has 31 heavy (non-hydrogen) atoms. The highest BCUT2D eigenvalue weighted by Gasteiger charge is 2.07. The van der Waals surface area contributed by atoms with Crippen molar-refractivity contribution >= 4 is 11.3 Å². The van der Waals surface area contributed by atoms with Gasteiger partial charge in [0, 0.05) is 12.2 Å². The van der Waals surface area contributed by atoms with Crippen molar-refractivity contribution in [3.63, 3.8) is 0 Å². The summed E-state index contributed by atoms with van der Waals surface area (Å²) in [7, 11) is 0. The summed E-state index contributed by atoms with van der Waals surface area (Å²) in [6.45, 7) is 18.2. The minimum absolute atomic E-state index is 0.876. The van der Waals surface area contributed by atoms with Gasteiger partial charge in [-0.15, -0.1) is 0 Å². The zero-order valence-electron chi connectivity index (χ0n) is 20.9. The molecule has 1 aromatic carbocycles. The lowest BCUT2D eigenvalue weighted by molar-refractivity contribution is 0.664. The Hall–Kier alpha value is -2.02. The monoisotopic (exact) mass is 421 g/mol. The van der Waals surface area contributed by atoms with Crippen molar-refractivity contribution in [2.75, 3.05) is 11.9 Å². The van der Waals surface area contributed by atoms with Crippen LogP contribution in [0.4, 0.5) is 5.69 Å². The van der Waals surface area contributed by atoms with Crippen LogP contribution in [-0.2, 0) is 6.42 Å². The van der Waals surface area contributed by atoms with Crippen LogP contribution in [0.25, 0.3) is 5.57 Å². The number of nitrogens with one attached hydrogen (secondary N) is 1. The number of benzene rings is 1. The van der Waals surface area contributed by atoms with Crippen LogP contribution in [0.1, 0.15) is 103 Å². The van der Waals surface area contributed by atoms with Gasteiger partial charge in [0.25, 0.3) is 0 Å². The van der Waals surface area contributed by atoms with E-state index in [0.717, 1.165) is 19.4 Å². The normalized spacial score (nSPS) is 11.8. The van der Waals surface area contributed by atoms with Crippen LogP contribution in [0.5, 0.6) is 0 Å². The predicted molar refractivity (Wildman–Crippen MR) is 143 cm³/mol. The maximum Gasteiger partial charge on any atom is 0.0381 e. The quantitative estimate of drug-likeness (QED) is 0.150. The van der Waals surface area contributed by atoms with Gasteiger partial charge in [-0.05, 0) is 88.0 Å². The Bertz CT molecular complexity index is 720. The Balaban J connectivity index is 2.63. The Labute approximate surface area is 193 Å². The molecule has 1 nitrogen and oxygen atoms in total. The summed E-state index contributed by atoms with van der Waals surface area (Å²) in [5.41, 5.74) is 8.00. The average molecular weight is 422 g/mol. The van der Waals surface area contributed by atoms with Crippen molar-refractivity contribution < 1.29 is 0 Å². The molecule has 0 bridgehead atoms. The van der Waals surface area contributed by atoms with Gasteiger partial charge in [0.1, 0.15) is 0 Å². The first kappa shape index (κ1) is 27.0. The van der Waals surface area contributed by atoms with Crippen LogP contribution in [0.2, 0.25) is 0 Å². The third-order valence-corrected chi connectivity index (χ3v) is 5.84. The first-order valence-corrected chi connectivity index (χ1v) is 12.5. The number of aryl methyl sites for hydroxylation is 1. The second kappa shape index (κ2) is 16.6. The molecule has 0 aliphatic rings. The molecule has 1 heteroatoms. The van der Waals surface area contributed by atoms with E-state index < -0.39 is 0 Å². The minimum Gasteiger partial charge on any atom is -0.381 e. The van der Waals surface area contributed by atoms with Crippen molar-refractivity contribution in [1.29, 1.82) is 0 Å². The molecule has 1 aromatic rings. The van der Waals surface area contributed by atoms with E-state index in [1.54, 1.807) is 0 Å². The second-order valence-corrected chi connectivity index (χ2v) is 8.89. The molecule has 0 fully saturated rings. The zero-order valence-corrected chi connectivity index (χ0v) is 20.9. The molecular weight excluding hydrogens is 374 g/mol. The molecule has 0 saturated heterocycles. The van der Waals surface area contributed by atoms with Crippen LogP contribution in [0.3, 0.4) is 0 Å². The van der Waals surface area contributed by atoms with Gasteiger partial charge in [0.2, 0.25) is 0 Å². The van der Waals surface area contributed by atoms with E-state index in [1.807, 2.05) is 0 Å². The molecule has 1 N–H and O–H groups in total. The molecule has 0 aliphatic carbocycles. The van der Waals surface area contributed by atoms with E-state index in [-0.39, 0.29) is 0 Å². The fraction of sp³-hybridized carbons (Fsp3) is 0.533. The summed E-state index contributed by atoms with van der Waals surface area (Å²) >= 11 is 0. The lowest BCUT2D eigenvalue weighted by atomic mass is 9.96. The summed E-state index contributed by atoms with van der Waals surface area (Å²) < 4.78 is 0. The summed E-state index contributed by atoms with van der Waals surface area (Å²) in [6.07, 6.45) is 19.7. The largest absolute Gasteiger partial charge is 0.381 e. The van der Waals surface area contributed by atoms with Crippen molar-refractivity contribution in [3.05, 3.63) is 71.9 Å². The summed E-state index contributed by atoms with van der Waals surface area (Å²) in [4.78, 5) is 0. The van der Waals surface area contributed by atoms with E-state index in [9.17, 15) is 0 Å². The van der Waals surface area contributed by atoms with Crippen molar-refractivity contribution in [1.82, 2.24) is 0 Å². The third-order valence-electron chi connectivity index (χ3n) is 5.84. The third kappa shape index (κ3) is 11.8. The molecule has 0 atom stereocenters. The number of hydrogen-bond donors (Lipinski definition) is 1. The lowest BCUT2D eigenvalue weighted by Gasteiger charge is -2.15. The molecule has 0 aliphatic heterocycles. The van der Waals surface area contributed by atoms with E-state index in [0.29, 0.717) is 0 Å². The molecule has 0 unspecified atom stereocenters. The molecular formula is C30H47N. The topological polar surface area (TPSA) is 12.0 Å². The Morgan fingerprint density at radius 1 is 0.935 bits per heavy atom. The average Bonchev–Trinajstić information content (AvgIpc) is 2.78. The highest BCUT2D eigenvalue weighted by atomic mass is 14.9. The molecule has 0 heterocycles. The van der Waals surface area contributed by atoms with Crippen LogP contribution in [0, 0.1) is 0 Å². The number of hydrogen-bond acceptors (Lipinski definition) is 1. The molecule has 0 aromatic heterocycles. The summed E-state index contributed by atoms with van der Waals surface area (Å²) in [6, 6.07) is 6.90. The molecule has 172 valence electrons. The Morgan fingerprint density at radius 3 is 2.35 bits per heavy atom. The van der Waals surface area contributed by atoms with E-state index in [2.05, 4.69) is 82.6 Å². The molecule has 0 amide bonds. The maximum absolute atomic E-state index is 4.40. The van der Waals surface area contributed by atoms with Crippen molar-refractivity contribution in [3.8, 4) is 0 Å². The Kier molecular flexibility index (Phi) is 14.5. The molecule has 0 saturated carbocycles. The number of rotatable bonds is 17.